The van der Waals surface area contributed by atoms with Gasteiger partial charge in [0.25, 0.3) is 0 Å². The van der Waals surface area contributed by atoms with Crippen molar-refractivity contribution in [3.63, 3.8) is 0 Å². The third kappa shape index (κ3) is 3.08. The van der Waals surface area contributed by atoms with Crippen LogP contribution >= 0.6 is 0 Å². The van der Waals surface area contributed by atoms with Crippen molar-refractivity contribution in [1.29, 1.82) is 5.26 Å². The Morgan fingerprint density at radius 1 is 1.45 bits per heavy atom. The van der Waals surface area contributed by atoms with Crippen LogP contribution in [0.4, 0.5) is 0 Å². The minimum absolute atomic E-state index is 0.205. The molecule has 0 radical (unpaired) electrons. The number of nitriles is 1. The Bertz CT molecular complexity index is 645. The van der Waals surface area contributed by atoms with Gasteiger partial charge in [-0.05, 0) is 18.6 Å². The summed E-state index contributed by atoms with van der Waals surface area (Å²) >= 11 is 0. The van der Waals surface area contributed by atoms with E-state index in [4.69, 9.17) is 11.8 Å². The van der Waals surface area contributed by atoms with Gasteiger partial charge in [0.05, 0.1) is 4.90 Å². The monoisotopic (exact) mass is 290 g/mol. The van der Waals surface area contributed by atoms with Gasteiger partial charge in [-0.15, -0.1) is 0 Å². The molecule has 0 aliphatic carbocycles. The maximum atomic E-state index is 12.2. The molecule has 20 heavy (non-hydrogen) atoms. The summed E-state index contributed by atoms with van der Waals surface area (Å²) < 4.78 is 27.0. The molecule has 0 aromatic heterocycles. The van der Waals surface area contributed by atoms with E-state index in [1.165, 1.54) is 17.0 Å². The topological polar surface area (TPSA) is 77.6 Å². The van der Waals surface area contributed by atoms with Crippen LogP contribution in [0.15, 0.2) is 35.2 Å². The summed E-state index contributed by atoms with van der Waals surface area (Å²) in [5, 5.41) is 8.99. The molecule has 1 aliphatic heterocycles. The lowest BCUT2D eigenvalue weighted by Crippen LogP contribution is -2.36. The third-order valence-electron chi connectivity index (χ3n) is 3.22. The Balaban J connectivity index is 2.09. The lowest BCUT2D eigenvalue weighted by molar-refractivity contribution is 0.380. The van der Waals surface area contributed by atoms with Crippen LogP contribution in [0.25, 0.3) is 4.85 Å². The van der Waals surface area contributed by atoms with Gasteiger partial charge in [0.2, 0.25) is 16.6 Å². The molecule has 0 bridgehead atoms. The predicted molar refractivity (Wildman–Crippen MR) is 72.7 cm³/mol. The standard InChI is InChI=1S/C13H14N4O2S/c1-15-8-12-7-11(9-17(12)10-14)16-20(18,19)13-5-3-2-4-6-13/h2-6,11-12,16H,7-9H2/t11-,12-/m1/s1. The lowest BCUT2D eigenvalue weighted by Gasteiger charge is -2.12. The minimum Gasteiger partial charge on any atom is -0.315 e. The molecule has 1 aliphatic rings. The molecule has 6 nitrogen and oxygen atoms in total. The first-order valence-electron chi connectivity index (χ1n) is 6.14. The second-order valence-corrected chi connectivity index (χ2v) is 6.33. The van der Waals surface area contributed by atoms with Crippen LogP contribution in [-0.4, -0.2) is 38.5 Å². The smallest absolute Gasteiger partial charge is 0.240 e. The molecule has 0 spiro atoms. The van der Waals surface area contributed by atoms with E-state index >= 15 is 0 Å². The summed E-state index contributed by atoms with van der Waals surface area (Å²) in [6.45, 7) is 7.38. The number of hydrogen-bond acceptors (Lipinski definition) is 4. The molecule has 104 valence electrons. The number of benzene rings is 1. The molecule has 1 saturated heterocycles. The molecular weight excluding hydrogens is 276 g/mol. The quantitative estimate of drug-likeness (QED) is 0.657. The average Bonchev–Trinajstić information content (AvgIpc) is 2.81. The van der Waals surface area contributed by atoms with Gasteiger partial charge in [-0.1, -0.05) is 18.2 Å². The average molecular weight is 290 g/mol. The zero-order chi connectivity index (χ0) is 14.6. The van der Waals surface area contributed by atoms with Gasteiger partial charge < -0.3 is 4.85 Å². The molecule has 1 heterocycles. The molecule has 0 unspecified atom stereocenters. The Morgan fingerprint density at radius 2 is 2.15 bits per heavy atom. The van der Waals surface area contributed by atoms with E-state index in [-0.39, 0.29) is 23.5 Å². The van der Waals surface area contributed by atoms with Gasteiger partial charge in [-0.3, -0.25) is 4.90 Å². The lowest BCUT2D eigenvalue weighted by atomic mass is 10.2. The molecule has 2 rings (SSSR count). The highest BCUT2D eigenvalue weighted by atomic mass is 32.2. The zero-order valence-electron chi connectivity index (χ0n) is 10.7. The Hall–Kier alpha value is -2.09. The second kappa shape index (κ2) is 5.91. The van der Waals surface area contributed by atoms with E-state index in [9.17, 15) is 8.42 Å². The van der Waals surface area contributed by atoms with Crippen molar-refractivity contribution in [2.24, 2.45) is 0 Å². The van der Waals surface area contributed by atoms with Gasteiger partial charge in [0.1, 0.15) is 6.04 Å². The summed E-state index contributed by atoms with van der Waals surface area (Å²) in [6.07, 6.45) is 2.48. The van der Waals surface area contributed by atoms with E-state index in [1.807, 2.05) is 6.19 Å². The first-order valence-corrected chi connectivity index (χ1v) is 7.62. The Labute approximate surface area is 118 Å². The van der Waals surface area contributed by atoms with E-state index in [2.05, 4.69) is 9.57 Å². The Morgan fingerprint density at radius 3 is 2.75 bits per heavy atom. The van der Waals surface area contributed by atoms with Crippen LogP contribution in [0.5, 0.6) is 0 Å². The number of sulfonamides is 1. The second-order valence-electron chi connectivity index (χ2n) is 4.61. The molecule has 7 heteroatoms. The van der Waals surface area contributed by atoms with Crippen LogP contribution in [0.1, 0.15) is 6.42 Å². The minimum atomic E-state index is -3.58. The SMILES string of the molecule is [C-]#[N+]C[C@H]1C[C@@H](NS(=O)(=O)c2ccccc2)CN1C#N. The summed E-state index contributed by atoms with van der Waals surface area (Å²) in [5.74, 6) is 0. The first-order chi connectivity index (χ1) is 9.56. The van der Waals surface area contributed by atoms with Crippen LogP contribution in [0, 0.1) is 18.0 Å². The molecule has 1 aromatic carbocycles. The van der Waals surface area contributed by atoms with Gasteiger partial charge >= 0.3 is 0 Å². The van der Waals surface area contributed by atoms with Crippen LogP contribution in [0.3, 0.4) is 0 Å². The van der Waals surface area contributed by atoms with E-state index in [0.717, 1.165) is 0 Å². The van der Waals surface area contributed by atoms with Crippen molar-refractivity contribution >= 4 is 10.0 Å². The summed E-state index contributed by atoms with van der Waals surface area (Å²) in [5.41, 5.74) is 0. The van der Waals surface area contributed by atoms with Crippen LogP contribution in [0.2, 0.25) is 0 Å². The maximum Gasteiger partial charge on any atom is 0.240 e. The van der Waals surface area contributed by atoms with E-state index in [0.29, 0.717) is 13.0 Å². The summed E-state index contributed by atoms with van der Waals surface area (Å²) in [6, 6.07) is 7.57. The fourth-order valence-corrected chi connectivity index (χ4v) is 3.55. The van der Waals surface area contributed by atoms with Crippen molar-refractivity contribution in [1.82, 2.24) is 9.62 Å². The normalized spacial score (nSPS) is 22.2. The molecule has 0 amide bonds. The Kier molecular flexibility index (Phi) is 4.23. The zero-order valence-corrected chi connectivity index (χ0v) is 11.5. The maximum absolute atomic E-state index is 12.2. The fourth-order valence-electron chi connectivity index (χ4n) is 2.29. The highest BCUT2D eigenvalue weighted by molar-refractivity contribution is 7.89. The van der Waals surface area contributed by atoms with Crippen molar-refractivity contribution in [2.75, 3.05) is 13.1 Å². The molecule has 1 N–H and O–H groups in total. The van der Waals surface area contributed by atoms with E-state index < -0.39 is 10.0 Å². The number of hydrogen-bond donors (Lipinski definition) is 1. The molecular formula is C13H14N4O2S. The summed E-state index contributed by atoms with van der Waals surface area (Å²) in [4.78, 5) is 4.96. The van der Waals surface area contributed by atoms with Crippen molar-refractivity contribution < 1.29 is 8.42 Å². The van der Waals surface area contributed by atoms with Crippen LogP contribution < -0.4 is 4.72 Å². The van der Waals surface area contributed by atoms with Crippen LogP contribution in [-0.2, 0) is 10.0 Å². The predicted octanol–water partition coefficient (Wildman–Crippen LogP) is 0.808. The molecule has 1 aromatic rings. The number of nitrogens with one attached hydrogen (secondary N) is 1. The highest BCUT2D eigenvalue weighted by Gasteiger charge is 2.35. The third-order valence-corrected chi connectivity index (χ3v) is 4.76. The first kappa shape index (κ1) is 14.3. The van der Waals surface area contributed by atoms with Crippen molar-refractivity contribution in [3.05, 3.63) is 41.7 Å². The largest absolute Gasteiger partial charge is 0.315 e. The van der Waals surface area contributed by atoms with Gasteiger partial charge in [0.15, 0.2) is 6.19 Å². The van der Waals surface area contributed by atoms with Crippen molar-refractivity contribution in [2.45, 2.75) is 23.4 Å². The van der Waals surface area contributed by atoms with Gasteiger partial charge in [-0.25, -0.2) is 19.7 Å². The molecule has 2 atom stereocenters. The molecule has 0 saturated carbocycles. The van der Waals surface area contributed by atoms with Gasteiger partial charge in [-0.2, -0.15) is 5.26 Å². The van der Waals surface area contributed by atoms with Crippen molar-refractivity contribution in [3.8, 4) is 6.19 Å². The number of rotatable bonds is 4. The number of nitrogens with zero attached hydrogens (tertiary/aromatic N) is 3. The number of likely N-dealkylation sites (tertiary alicyclic amines) is 1. The van der Waals surface area contributed by atoms with Gasteiger partial charge in [0, 0.05) is 12.6 Å². The fraction of sp³-hybridized carbons (Fsp3) is 0.385. The summed E-state index contributed by atoms with van der Waals surface area (Å²) in [7, 11) is -3.58. The molecule has 1 fully saturated rings. The highest BCUT2D eigenvalue weighted by Crippen LogP contribution is 2.19. The van der Waals surface area contributed by atoms with E-state index in [1.54, 1.807) is 18.2 Å².